The number of benzene rings is 1. The zero-order valence-corrected chi connectivity index (χ0v) is 16.3. The van der Waals surface area contributed by atoms with Crippen molar-refractivity contribution in [3.8, 4) is 5.75 Å². The molecule has 0 aromatic heterocycles. The first-order valence-corrected chi connectivity index (χ1v) is 10.00. The summed E-state index contributed by atoms with van der Waals surface area (Å²) in [7, 11) is 1.49. The highest BCUT2D eigenvalue weighted by Gasteiger charge is 2.67. The van der Waals surface area contributed by atoms with E-state index in [9.17, 15) is 14.4 Å². The number of carbonyl (C=O) groups excluding carboxylic acids is 3. The number of methoxy groups -OCH3 is 1. The van der Waals surface area contributed by atoms with Crippen LogP contribution >= 0.6 is 11.6 Å². The number of likely N-dealkylation sites (tertiary alicyclic amines) is 1. The van der Waals surface area contributed by atoms with Crippen molar-refractivity contribution in [3.63, 3.8) is 0 Å². The Hall–Kier alpha value is -2.34. The maximum atomic E-state index is 13.1. The van der Waals surface area contributed by atoms with Crippen LogP contribution in [0.2, 0.25) is 5.02 Å². The molecule has 1 heterocycles. The molecule has 1 aliphatic heterocycles. The van der Waals surface area contributed by atoms with Crippen molar-refractivity contribution in [1.29, 1.82) is 0 Å². The van der Waals surface area contributed by atoms with E-state index in [4.69, 9.17) is 16.3 Å². The first kappa shape index (κ1) is 17.7. The van der Waals surface area contributed by atoms with Gasteiger partial charge in [-0.05, 0) is 55.2 Å². The summed E-state index contributed by atoms with van der Waals surface area (Å²) >= 11 is 6.02. The number of imide groups is 1. The van der Waals surface area contributed by atoms with Crippen LogP contribution in [0.3, 0.4) is 0 Å². The summed E-state index contributed by atoms with van der Waals surface area (Å²) < 4.78 is 5.25. The predicted octanol–water partition coefficient (Wildman–Crippen LogP) is 2.73. The summed E-state index contributed by atoms with van der Waals surface area (Å²) in [6.45, 7) is 1.59. The Morgan fingerprint density at radius 3 is 2.36 bits per heavy atom. The summed E-state index contributed by atoms with van der Waals surface area (Å²) in [6.07, 6.45) is 5.35. The maximum Gasteiger partial charge on any atom is 0.247 e. The molecule has 1 saturated heterocycles. The molecule has 28 heavy (non-hydrogen) atoms. The Morgan fingerprint density at radius 2 is 1.79 bits per heavy atom. The zero-order valence-electron chi connectivity index (χ0n) is 15.6. The SMILES string of the molecule is COc1ccc(Cl)cc1NC(=O)[C@@H](C)N1C(=O)[C@@H]2[C@@H]3C=C[C@H]([C@H]4C[C@H]34)[C@@H]2C1=O. The lowest BCUT2D eigenvalue weighted by molar-refractivity contribution is -0.146. The number of ether oxygens (including phenoxy) is 1. The zero-order chi connectivity index (χ0) is 19.7. The molecule has 5 aliphatic rings. The molecule has 3 amide bonds. The van der Waals surface area contributed by atoms with Crippen LogP contribution in [-0.2, 0) is 14.4 Å². The molecule has 6 rings (SSSR count). The van der Waals surface area contributed by atoms with Gasteiger partial charge in [0.05, 0.1) is 24.6 Å². The highest BCUT2D eigenvalue weighted by atomic mass is 35.5. The van der Waals surface area contributed by atoms with Crippen LogP contribution in [0.4, 0.5) is 5.69 Å². The van der Waals surface area contributed by atoms with Gasteiger partial charge in [-0.3, -0.25) is 19.3 Å². The van der Waals surface area contributed by atoms with Crippen LogP contribution < -0.4 is 10.1 Å². The summed E-state index contributed by atoms with van der Waals surface area (Å²) in [6, 6.07) is 3.99. The van der Waals surface area contributed by atoms with Crippen molar-refractivity contribution in [2.45, 2.75) is 19.4 Å². The molecule has 0 spiro atoms. The average Bonchev–Trinajstić information content (AvgIpc) is 3.45. The first-order chi connectivity index (χ1) is 13.4. The lowest BCUT2D eigenvalue weighted by atomic mass is 9.63. The van der Waals surface area contributed by atoms with E-state index in [0.29, 0.717) is 28.3 Å². The Kier molecular flexibility index (Phi) is 3.85. The second-order valence-electron chi connectivity index (χ2n) is 8.21. The van der Waals surface area contributed by atoms with E-state index in [0.717, 1.165) is 6.42 Å². The Labute approximate surface area is 167 Å². The molecule has 0 unspecified atom stereocenters. The van der Waals surface area contributed by atoms with Gasteiger partial charge in [-0.15, -0.1) is 0 Å². The third-order valence-electron chi connectivity index (χ3n) is 6.88. The number of anilines is 1. The van der Waals surface area contributed by atoms with Crippen molar-refractivity contribution >= 4 is 35.0 Å². The number of allylic oxidation sites excluding steroid dienone is 2. The Balaban J connectivity index is 1.38. The number of carbonyl (C=O) groups is 3. The Bertz CT molecular complexity index is 893. The fourth-order valence-electron chi connectivity index (χ4n) is 5.49. The van der Waals surface area contributed by atoms with Crippen molar-refractivity contribution in [1.82, 2.24) is 4.90 Å². The molecule has 7 atom stereocenters. The van der Waals surface area contributed by atoms with Crippen molar-refractivity contribution < 1.29 is 19.1 Å². The van der Waals surface area contributed by atoms with Gasteiger partial charge < -0.3 is 10.1 Å². The highest BCUT2D eigenvalue weighted by Crippen LogP contribution is 2.65. The van der Waals surface area contributed by atoms with Crippen LogP contribution in [0, 0.1) is 35.5 Å². The molecule has 1 N–H and O–H groups in total. The predicted molar refractivity (Wildman–Crippen MR) is 103 cm³/mol. The second-order valence-corrected chi connectivity index (χ2v) is 8.65. The molecule has 7 heteroatoms. The average molecular weight is 401 g/mol. The lowest BCUT2D eigenvalue weighted by Gasteiger charge is -2.37. The van der Waals surface area contributed by atoms with Gasteiger partial charge in [-0.25, -0.2) is 0 Å². The second kappa shape index (κ2) is 6.08. The van der Waals surface area contributed by atoms with E-state index < -0.39 is 11.9 Å². The van der Waals surface area contributed by atoms with Crippen LogP contribution in [0.5, 0.6) is 5.75 Å². The minimum Gasteiger partial charge on any atom is -0.495 e. The van der Waals surface area contributed by atoms with Crippen LogP contribution in [0.15, 0.2) is 30.4 Å². The van der Waals surface area contributed by atoms with Crippen LogP contribution in [0.1, 0.15) is 13.3 Å². The smallest absolute Gasteiger partial charge is 0.247 e. The Morgan fingerprint density at radius 1 is 1.18 bits per heavy atom. The van der Waals surface area contributed by atoms with Gasteiger partial charge in [0.2, 0.25) is 17.7 Å². The molecular formula is C21H21ClN2O4. The molecule has 0 radical (unpaired) electrons. The number of hydrogen-bond donors (Lipinski definition) is 1. The minimum absolute atomic E-state index is 0.143. The molecule has 2 saturated carbocycles. The van der Waals surface area contributed by atoms with Gasteiger partial charge in [-0.2, -0.15) is 0 Å². The van der Waals surface area contributed by atoms with Gasteiger partial charge in [0, 0.05) is 5.02 Å². The maximum absolute atomic E-state index is 13.1. The van der Waals surface area contributed by atoms with Gasteiger partial charge in [-0.1, -0.05) is 23.8 Å². The van der Waals surface area contributed by atoms with E-state index in [2.05, 4.69) is 17.5 Å². The molecule has 6 nitrogen and oxygen atoms in total. The molecule has 146 valence electrons. The third-order valence-corrected chi connectivity index (χ3v) is 7.12. The quantitative estimate of drug-likeness (QED) is 0.622. The number of nitrogens with zero attached hydrogens (tertiary/aromatic N) is 1. The molecule has 2 bridgehead atoms. The van der Waals surface area contributed by atoms with Gasteiger partial charge in [0.15, 0.2) is 0 Å². The summed E-state index contributed by atoms with van der Waals surface area (Å²) in [5, 5.41) is 3.20. The number of hydrogen-bond acceptors (Lipinski definition) is 4. The normalized spacial score (nSPS) is 35.5. The minimum atomic E-state index is -0.898. The molecule has 1 aromatic carbocycles. The van der Waals surface area contributed by atoms with Crippen molar-refractivity contribution in [3.05, 3.63) is 35.4 Å². The molecule has 1 aromatic rings. The van der Waals surface area contributed by atoms with Crippen molar-refractivity contribution in [2.24, 2.45) is 35.5 Å². The summed E-state index contributed by atoms with van der Waals surface area (Å²) in [5.41, 5.74) is 0.409. The first-order valence-electron chi connectivity index (χ1n) is 9.62. The fraction of sp³-hybridized carbons (Fsp3) is 0.476. The van der Waals surface area contributed by atoms with E-state index in [1.54, 1.807) is 25.1 Å². The summed E-state index contributed by atoms with van der Waals surface area (Å²) in [5.74, 6) is 0.353. The van der Waals surface area contributed by atoms with Gasteiger partial charge in [0.25, 0.3) is 0 Å². The number of nitrogens with one attached hydrogen (secondary N) is 1. The van der Waals surface area contributed by atoms with Crippen LogP contribution in [0.25, 0.3) is 0 Å². The number of halogens is 1. The van der Waals surface area contributed by atoms with E-state index in [1.165, 1.54) is 12.0 Å². The van der Waals surface area contributed by atoms with Gasteiger partial charge >= 0.3 is 0 Å². The fourth-order valence-corrected chi connectivity index (χ4v) is 5.67. The van der Waals surface area contributed by atoms with E-state index >= 15 is 0 Å². The molecule has 3 fully saturated rings. The number of amides is 3. The third kappa shape index (κ3) is 2.37. The van der Waals surface area contributed by atoms with Gasteiger partial charge in [0.1, 0.15) is 11.8 Å². The lowest BCUT2D eigenvalue weighted by Crippen LogP contribution is -2.46. The monoisotopic (exact) mass is 400 g/mol. The highest BCUT2D eigenvalue weighted by molar-refractivity contribution is 6.31. The standard InChI is InChI=1S/C21H21ClN2O4/c1-9(19(25)23-15-7-10(22)3-6-16(15)28-2)24-20(26)17-11-4-5-12(14-8-13(11)14)18(17)21(24)27/h3-7,9,11-14,17-18H,8H2,1-2H3,(H,23,25)/t9-,11-,12-,13-,14-,17-,18+/m1/s1. The molecular weight excluding hydrogens is 380 g/mol. The summed E-state index contributed by atoms with van der Waals surface area (Å²) in [4.78, 5) is 40.3. The topological polar surface area (TPSA) is 75.7 Å². The molecule has 4 aliphatic carbocycles. The van der Waals surface area contributed by atoms with E-state index in [1.807, 2.05) is 0 Å². The van der Waals surface area contributed by atoms with Crippen molar-refractivity contribution in [2.75, 3.05) is 12.4 Å². The van der Waals surface area contributed by atoms with E-state index in [-0.39, 0.29) is 35.5 Å². The largest absolute Gasteiger partial charge is 0.495 e. The number of rotatable bonds is 4. The van der Waals surface area contributed by atoms with Crippen LogP contribution in [-0.4, -0.2) is 35.8 Å².